The van der Waals surface area contributed by atoms with Gasteiger partial charge in [0, 0.05) is 25.3 Å². The predicted octanol–water partition coefficient (Wildman–Crippen LogP) is 2.08. The summed E-state index contributed by atoms with van der Waals surface area (Å²) in [5, 5.41) is 9.37. The van der Waals surface area contributed by atoms with Crippen LogP contribution in [-0.4, -0.2) is 45.4 Å². The average molecular weight is 279 g/mol. The summed E-state index contributed by atoms with van der Waals surface area (Å²) < 4.78 is 7.66. The summed E-state index contributed by atoms with van der Waals surface area (Å²) in [7, 11) is 0. The predicted molar refractivity (Wildman–Crippen MR) is 72.7 cm³/mol. The van der Waals surface area contributed by atoms with Crippen molar-refractivity contribution in [1.29, 1.82) is 0 Å². The third kappa shape index (κ3) is 2.08. The summed E-state index contributed by atoms with van der Waals surface area (Å²) in [4.78, 5) is 17.5. The molecule has 0 spiro atoms. The Balaban J connectivity index is 1.97. The quantitative estimate of drug-likeness (QED) is 0.900. The first-order chi connectivity index (χ1) is 9.59. The zero-order chi connectivity index (χ0) is 14.3. The fourth-order valence-electron chi connectivity index (χ4n) is 3.36. The highest BCUT2D eigenvalue weighted by molar-refractivity contribution is 5.66. The lowest BCUT2D eigenvalue weighted by Crippen LogP contribution is -2.42. The number of carbonyl (C=O) groups is 1. The number of aromatic nitrogens is 2. The van der Waals surface area contributed by atoms with E-state index in [1.54, 1.807) is 0 Å². The number of ether oxygens (including phenoxy) is 1. The molecule has 0 saturated carbocycles. The van der Waals surface area contributed by atoms with E-state index in [1.165, 1.54) is 10.6 Å². The van der Waals surface area contributed by atoms with E-state index >= 15 is 0 Å². The Kier molecular flexibility index (Phi) is 3.41. The number of carboxylic acid groups (broad SMARTS) is 1. The van der Waals surface area contributed by atoms with Crippen LogP contribution >= 0.6 is 0 Å². The number of imidazole rings is 1. The van der Waals surface area contributed by atoms with Crippen molar-refractivity contribution < 1.29 is 14.6 Å². The molecule has 1 fully saturated rings. The molecule has 1 N–H and O–H groups in total. The number of rotatable bonds is 2. The summed E-state index contributed by atoms with van der Waals surface area (Å²) in [6, 6.07) is 0.218. The van der Waals surface area contributed by atoms with E-state index in [4.69, 9.17) is 4.74 Å². The number of hydrogen-bond acceptors (Lipinski definition) is 3. The maximum atomic E-state index is 11.4. The molecule has 0 radical (unpaired) electrons. The lowest BCUT2D eigenvalue weighted by atomic mass is 9.93. The van der Waals surface area contributed by atoms with Crippen molar-refractivity contribution in [1.82, 2.24) is 14.5 Å². The maximum absolute atomic E-state index is 11.4. The van der Waals surface area contributed by atoms with E-state index in [0.29, 0.717) is 12.6 Å². The van der Waals surface area contributed by atoms with Gasteiger partial charge in [0.15, 0.2) is 0 Å². The second-order valence-electron chi connectivity index (χ2n) is 5.92. The van der Waals surface area contributed by atoms with Gasteiger partial charge in [0.25, 0.3) is 0 Å². The van der Waals surface area contributed by atoms with Gasteiger partial charge in [-0.2, -0.15) is 0 Å². The summed E-state index contributed by atoms with van der Waals surface area (Å²) in [5.41, 5.74) is 2.12. The standard InChI is InChI=1S/C14H21N3O3/c1-9(2)13-12-11(3-5-16(13)14(18)19)17(8-15-12)10-4-6-20-7-10/h8-10,13H,3-7H2,1-2H3,(H,18,19)/t10-,13-/m0/s1. The summed E-state index contributed by atoms with van der Waals surface area (Å²) in [6.45, 7) is 6.18. The lowest BCUT2D eigenvalue weighted by molar-refractivity contribution is 0.102. The highest BCUT2D eigenvalue weighted by Crippen LogP contribution is 2.36. The van der Waals surface area contributed by atoms with E-state index in [9.17, 15) is 9.90 Å². The molecule has 1 amide bonds. The van der Waals surface area contributed by atoms with Crippen molar-refractivity contribution >= 4 is 6.09 Å². The molecule has 6 heteroatoms. The third-order valence-electron chi connectivity index (χ3n) is 4.31. The molecule has 1 aromatic rings. The minimum atomic E-state index is -0.854. The number of fused-ring (bicyclic) bond motifs is 1. The van der Waals surface area contributed by atoms with Crippen LogP contribution in [0.15, 0.2) is 6.33 Å². The normalized spacial score (nSPS) is 26.1. The first kappa shape index (κ1) is 13.4. The SMILES string of the molecule is CC(C)[C@H]1c2ncn([C@H]3CCOC3)c2CCN1C(=O)O. The van der Waals surface area contributed by atoms with Crippen LogP contribution in [0.25, 0.3) is 0 Å². The monoisotopic (exact) mass is 279 g/mol. The van der Waals surface area contributed by atoms with Gasteiger partial charge in [-0.1, -0.05) is 13.8 Å². The van der Waals surface area contributed by atoms with Crippen molar-refractivity contribution in [3.63, 3.8) is 0 Å². The topological polar surface area (TPSA) is 67.6 Å². The van der Waals surface area contributed by atoms with Gasteiger partial charge in [0.05, 0.1) is 30.7 Å². The molecule has 0 aromatic carbocycles. The van der Waals surface area contributed by atoms with Crippen LogP contribution in [-0.2, 0) is 11.2 Å². The number of amides is 1. The minimum Gasteiger partial charge on any atom is -0.465 e. The summed E-state index contributed by atoms with van der Waals surface area (Å²) >= 11 is 0. The van der Waals surface area contributed by atoms with E-state index in [0.717, 1.165) is 31.7 Å². The van der Waals surface area contributed by atoms with Crippen molar-refractivity contribution in [3.05, 3.63) is 17.7 Å². The van der Waals surface area contributed by atoms with Crippen LogP contribution in [0.1, 0.15) is 43.7 Å². The van der Waals surface area contributed by atoms with Gasteiger partial charge >= 0.3 is 6.09 Å². The Labute approximate surface area is 118 Å². The van der Waals surface area contributed by atoms with E-state index in [-0.39, 0.29) is 12.0 Å². The molecule has 3 rings (SSSR count). The fraction of sp³-hybridized carbons (Fsp3) is 0.714. The van der Waals surface area contributed by atoms with Gasteiger partial charge in [-0.05, 0) is 12.3 Å². The largest absolute Gasteiger partial charge is 0.465 e. The molecule has 1 saturated heterocycles. The Bertz CT molecular complexity index is 506. The second kappa shape index (κ2) is 5.09. The first-order valence-corrected chi connectivity index (χ1v) is 7.22. The van der Waals surface area contributed by atoms with Gasteiger partial charge in [-0.15, -0.1) is 0 Å². The fourth-order valence-corrected chi connectivity index (χ4v) is 3.36. The second-order valence-corrected chi connectivity index (χ2v) is 5.92. The molecule has 110 valence electrons. The van der Waals surface area contributed by atoms with Crippen LogP contribution in [0.5, 0.6) is 0 Å². The van der Waals surface area contributed by atoms with E-state index in [1.807, 2.05) is 20.2 Å². The molecule has 0 aliphatic carbocycles. The minimum absolute atomic E-state index is 0.139. The van der Waals surface area contributed by atoms with Crippen LogP contribution in [0.4, 0.5) is 4.79 Å². The van der Waals surface area contributed by atoms with Crippen molar-refractivity contribution in [3.8, 4) is 0 Å². The molecule has 20 heavy (non-hydrogen) atoms. The zero-order valence-corrected chi connectivity index (χ0v) is 12.0. The molecule has 3 heterocycles. The zero-order valence-electron chi connectivity index (χ0n) is 12.0. The van der Waals surface area contributed by atoms with Gasteiger partial charge in [0.2, 0.25) is 0 Å². The van der Waals surface area contributed by atoms with Crippen LogP contribution in [0.2, 0.25) is 0 Å². The third-order valence-corrected chi connectivity index (χ3v) is 4.31. The van der Waals surface area contributed by atoms with Crippen LogP contribution in [0.3, 0.4) is 0 Å². The highest BCUT2D eigenvalue weighted by atomic mass is 16.5. The molecule has 0 bridgehead atoms. The number of nitrogens with zero attached hydrogens (tertiary/aromatic N) is 3. The molecular weight excluding hydrogens is 258 g/mol. The molecular formula is C14H21N3O3. The molecule has 1 aromatic heterocycles. The van der Waals surface area contributed by atoms with Crippen molar-refractivity contribution in [2.75, 3.05) is 19.8 Å². The molecule has 0 unspecified atom stereocenters. The summed E-state index contributed by atoms with van der Waals surface area (Å²) in [5.74, 6) is 0.216. The Morgan fingerprint density at radius 3 is 2.95 bits per heavy atom. The molecule has 2 atom stereocenters. The van der Waals surface area contributed by atoms with E-state index in [2.05, 4.69) is 9.55 Å². The van der Waals surface area contributed by atoms with Crippen LogP contribution in [0, 0.1) is 5.92 Å². The summed E-state index contributed by atoms with van der Waals surface area (Å²) in [6.07, 6.45) is 2.76. The first-order valence-electron chi connectivity index (χ1n) is 7.22. The van der Waals surface area contributed by atoms with Crippen LogP contribution < -0.4 is 0 Å². The molecule has 2 aliphatic heterocycles. The Morgan fingerprint density at radius 2 is 2.35 bits per heavy atom. The smallest absolute Gasteiger partial charge is 0.407 e. The average Bonchev–Trinajstić information content (AvgIpc) is 3.05. The van der Waals surface area contributed by atoms with Gasteiger partial charge < -0.3 is 14.4 Å². The van der Waals surface area contributed by atoms with Gasteiger partial charge in [-0.3, -0.25) is 4.90 Å². The lowest BCUT2D eigenvalue weighted by Gasteiger charge is -2.36. The van der Waals surface area contributed by atoms with Gasteiger partial charge in [-0.25, -0.2) is 9.78 Å². The van der Waals surface area contributed by atoms with Crippen molar-refractivity contribution in [2.45, 2.75) is 38.8 Å². The molecule has 2 aliphatic rings. The Hall–Kier alpha value is -1.56. The number of hydrogen-bond donors (Lipinski definition) is 1. The van der Waals surface area contributed by atoms with Crippen molar-refractivity contribution in [2.24, 2.45) is 5.92 Å². The molecule has 6 nitrogen and oxygen atoms in total. The Morgan fingerprint density at radius 1 is 1.55 bits per heavy atom. The van der Waals surface area contributed by atoms with E-state index < -0.39 is 6.09 Å². The van der Waals surface area contributed by atoms with Gasteiger partial charge in [0.1, 0.15) is 0 Å². The maximum Gasteiger partial charge on any atom is 0.407 e. The highest BCUT2D eigenvalue weighted by Gasteiger charge is 2.37.